The molecule has 5 heteroatoms. The largest absolute Gasteiger partial charge is 0.497 e. The van der Waals surface area contributed by atoms with Crippen LogP contribution in [0, 0.1) is 0 Å². The van der Waals surface area contributed by atoms with Crippen molar-refractivity contribution in [1.82, 2.24) is 10.6 Å². The van der Waals surface area contributed by atoms with E-state index < -0.39 is 0 Å². The van der Waals surface area contributed by atoms with E-state index >= 15 is 0 Å². The molecule has 0 atom stereocenters. The van der Waals surface area contributed by atoms with Gasteiger partial charge in [0, 0.05) is 13.1 Å². The molecule has 0 spiro atoms. The van der Waals surface area contributed by atoms with E-state index in [0.29, 0.717) is 23.6 Å². The third-order valence-electron chi connectivity index (χ3n) is 2.49. The van der Waals surface area contributed by atoms with E-state index in [2.05, 4.69) is 10.6 Å². The summed E-state index contributed by atoms with van der Waals surface area (Å²) >= 11 is 0. The first-order chi connectivity index (χ1) is 8.72. The van der Waals surface area contributed by atoms with Gasteiger partial charge in [-0.1, -0.05) is 6.92 Å². The second-order valence-corrected chi connectivity index (χ2v) is 3.68. The number of benzene rings is 1. The fourth-order valence-corrected chi connectivity index (χ4v) is 1.53. The fourth-order valence-electron chi connectivity index (χ4n) is 1.53. The number of hydrogen-bond acceptors (Lipinski definition) is 4. The number of rotatable bonds is 7. The van der Waals surface area contributed by atoms with E-state index in [9.17, 15) is 4.79 Å². The van der Waals surface area contributed by atoms with E-state index in [1.165, 1.54) is 7.11 Å². The molecule has 0 unspecified atom stereocenters. The van der Waals surface area contributed by atoms with Crippen molar-refractivity contribution in [3.05, 3.63) is 23.8 Å². The minimum atomic E-state index is -0.163. The van der Waals surface area contributed by atoms with Crippen molar-refractivity contribution in [3.63, 3.8) is 0 Å². The third kappa shape index (κ3) is 3.92. The molecule has 5 nitrogen and oxygen atoms in total. The summed E-state index contributed by atoms with van der Waals surface area (Å²) < 4.78 is 10.3. The van der Waals surface area contributed by atoms with Crippen molar-refractivity contribution in [2.75, 3.05) is 33.9 Å². The number of hydrogen-bond donors (Lipinski definition) is 2. The highest BCUT2D eigenvalue weighted by atomic mass is 16.5. The van der Waals surface area contributed by atoms with Crippen molar-refractivity contribution >= 4 is 5.91 Å². The molecule has 0 aliphatic carbocycles. The monoisotopic (exact) mass is 252 g/mol. The maximum atomic E-state index is 12.0. The molecule has 1 aromatic carbocycles. The van der Waals surface area contributed by atoms with E-state index in [0.717, 1.165) is 13.1 Å². The molecule has 0 heterocycles. The van der Waals surface area contributed by atoms with Crippen molar-refractivity contribution in [2.24, 2.45) is 0 Å². The number of carbonyl (C=O) groups excluding carboxylic acids is 1. The smallest absolute Gasteiger partial charge is 0.255 e. The van der Waals surface area contributed by atoms with Gasteiger partial charge in [-0.05, 0) is 24.7 Å². The lowest BCUT2D eigenvalue weighted by Crippen LogP contribution is -2.31. The molecular weight excluding hydrogens is 232 g/mol. The van der Waals surface area contributed by atoms with Crippen LogP contribution in [0.5, 0.6) is 11.5 Å². The molecule has 0 aliphatic rings. The number of likely N-dealkylation sites (N-methyl/N-ethyl adjacent to an activating group) is 1. The lowest BCUT2D eigenvalue weighted by Gasteiger charge is -2.11. The minimum absolute atomic E-state index is 0.163. The summed E-state index contributed by atoms with van der Waals surface area (Å²) in [6, 6.07) is 5.15. The van der Waals surface area contributed by atoms with Gasteiger partial charge in [-0.25, -0.2) is 0 Å². The molecule has 0 aromatic heterocycles. The summed E-state index contributed by atoms with van der Waals surface area (Å²) in [5, 5.41) is 5.96. The predicted octanol–water partition coefficient (Wildman–Crippen LogP) is 1.04. The molecule has 0 saturated carbocycles. The maximum Gasteiger partial charge on any atom is 0.255 e. The van der Waals surface area contributed by atoms with Crippen LogP contribution in [0.3, 0.4) is 0 Å². The molecule has 100 valence electrons. The first-order valence-electron chi connectivity index (χ1n) is 5.93. The maximum absolute atomic E-state index is 12.0. The van der Waals surface area contributed by atoms with Crippen LogP contribution in [0.15, 0.2) is 18.2 Å². The summed E-state index contributed by atoms with van der Waals surface area (Å²) in [5.74, 6) is 1.01. The third-order valence-corrected chi connectivity index (χ3v) is 2.49. The van der Waals surface area contributed by atoms with Gasteiger partial charge in [-0.3, -0.25) is 4.79 Å². The summed E-state index contributed by atoms with van der Waals surface area (Å²) in [6.45, 7) is 4.23. The Kier molecular flexibility index (Phi) is 6.00. The normalized spacial score (nSPS) is 9.94. The van der Waals surface area contributed by atoms with Crippen LogP contribution >= 0.6 is 0 Å². The molecule has 0 fully saturated rings. The average molecular weight is 252 g/mol. The van der Waals surface area contributed by atoms with Gasteiger partial charge in [-0.2, -0.15) is 0 Å². The molecule has 0 radical (unpaired) electrons. The topological polar surface area (TPSA) is 59.6 Å². The Morgan fingerprint density at radius 1 is 1.22 bits per heavy atom. The van der Waals surface area contributed by atoms with E-state index in [-0.39, 0.29) is 5.91 Å². The van der Waals surface area contributed by atoms with Crippen molar-refractivity contribution in [1.29, 1.82) is 0 Å². The van der Waals surface area contributed by atoms with Gasteiger partial charge >= 0.3 is 0 Å². The number of ether oxygens (including phenoxy) is 2. The highest BCUT2D eigenvalue weighted by molar-refractivity contribution is 5.97. The molecule has 1 amide bonds. The Balaban J connectivity index is 2.70. The highest BCUT2D eigenvalue weighted by Crippen LogP contribution is 2.23. The van der Waals surface area contributed by atoms with Crippen molar-refractivity contribution < 1.29 is 14.3 Å². The van der Waals surface area contributed by atoms with E-state index in [1.54, 1.807) is 25.3 Å². The molecule has 1 aromatic rings. The molecule has 2 N–H and O–H groups in total. The average Bonchev–Trinajstić information content (AvgIpc) is 2.42. The van der Waals surface area contributed by atoms with Gasteiger partial charge in [0.05, 0.1) is 19.8 Å². The van der Waals surface area contributed by atoms with E-state index in [1.807, 2.05) is 6.92 Å². The number of amides is 1. The lowest BCUT2D eigenvalue weighted by molar-refractivity contribution is 0.0950. The van der Waals surface area contributed by atoms with Crippen LogP contribution in [0.2, 0.25) is 0 Å². The molecule has 0 bridgehead atoms. The van der Waals surface area contributed by atoms with Gasteiger partial charge in [0.15, 0.2) is 0 Å². The fraction of sp³-hybridized carbons (Fsp3) is 0.462. The first-order valence-corrected chi connectivity index (χ1v) is 5.93. The van der Waals surface area contributed by atoms with Crippen molar-refractivity contribution in [2.45, 2.75) is 6.92 Å². The lowest BCUT2D eigenvalue weighted by atomic mass is 10.1. The second kappa shape index (κ2) is 7.55. The standard InChI is InChI=1S/C13H20N2O3/c1-4-14-7-8-15-13(16)11-9-10(17-2)5-6-12(11)18-3/h5-6,9,14H,4,7-8H2,1-3H3,(H,15,16). The van der Waals surface area contributed by atoms with Crippen LogP contribution in [0.1, 0.15) is 17.3 Å². The van der Waals surface area contributed by atoms with Gasteiger partial charge < -0.3 is 20.1 Å². The van der Waals surface area contributed by atoms with Crippen LogP contribution in [-0.2, 0) is 0 Å². The Hall–Kier alpha value is -1.75. The summed E-state index contributed by atoms with van der Waals surface area (Å²) in [7, 11) is 3.10. The zero-order chi connectivity index (χ0) is 13.4. The van der Waals surface area contributed by atoms with Gasteiger partial charge in [-0.15, -0.1) is 0 Å². The van der Waals surface area contributed by atoms with Crippen LogP contribution < -0.4 is 20.1 Å². The van der Waals surface area contributed by atoms with Crippen LogP contribution in [0.25, 0.3) is 0 Å². The number of carbonyl (C=O) groups is 1. The Labute approximate surface area is 107 Å². The molecular formula is C13H20N2O3. The van der Waals surface area contributed by atoms with Crippen LogP contribution in [0.4, 0.5) is 0 Å². The summed E-state index contributed by atoms with van der Waals surface area (Å²) in [5.41, 5.74) is 0.480. The molecule has 1 rings (SSSR count). The van der Waals surface area contributed by atoms with Gasteiger partial charge in [0.2, 0.25) is 0 Å². The minimum Gasteiger partial charge on any atom is -0.497 e. The molecule has 0 aliphatic heterocycles. The Morgan fingerprint density at radius 2 is 2.00 bits per heavy atom. The Morgan fingerprint density at radius 3 is 2.61 bits per heavy atom. The quantitative estimate of drug-likeness (QED) is 0.712. The highest BCUT2D eigenvalue weighted by Gasteiger charge is 2.12. The van der Waals surface area contributed by atoms with E-state index in [4.69, 9.17) is 9.47 Å². The summed E-state index contributed by atoms with van der Waals surface area (Å²) in [4.78, 5) is 12.0. The van der Waals surface area contributed by atoms with Gasteiger partial charge in [0.1, 0.15) is 11.5 Å². The predicted molar refractivity (Wildman–Crippen MR) is 70.4 cm³/mol. The number of nitrogens with one attached hydrogen (secondary N) is 2. The zero-order valence-corrected chi connectivity index (χ0v) is 11.1. The first kappa shape index (κ1) is 14.3. The zero-order valence-electron chi connectivity index (χ0n) is 11.1. The SMILES string of the molecule is CCNCCNC(=O)c1cc(OC)ccc1OC. The van der Waals surface area contributed by atoms with Crippen LogP contribution in [-0.4, -0.2) is 39.8 Å². The van der Waals surface area contributed by atoms with Crippen molar-refractivity contribution in [3.8, 4) is 11.5 Å². The molecule has 0 saturated heterocycles. The number of methoxy groups -OCH3 is 2. The van der Waals surface area contributed by atoms with Gasteiger partial charge in [0.25, 0.3) is 5.91 Å². The Bertz CT molecular complexity index is 394. The summed E-state index contributed by atoms with van der Waals surface area (Å²) in [6.07, 6.45) is 0. The second-order valence-electron chi connectivity index (χ2n) is 3.68. The molecule has 18 heavy (non-hydrogen) atoms.